The predicted octanol–water partition coefficient (Wildman–Crippen LogP) is 2.56. The maximum absolute atomic E-state index is 9.77. The largest absolute Gasteiger partial charge is 0.392 e. The van der Waals surface area contributed by atoms with Gasteiger partial charge < -0.3 is 5.11 Å². The minimum atomic E-state index is -0.109. The molecule has 1 saturated carbocycles. The van der Waals surface area contributed by atoms with Gasteiger partial charge in [0.05, 0.1) is 6.10 Å². The topological polar surface area (TPSA) is 20.2 Å². The molecule has 0 bridgehead atoms. The highest BCUT2D eigenvalue weighted by Gasteiger charge is 2.29. The summed E-state index contributed by atoms with van der Waals surface area (Å²) in [5, 5.41) is 9.77. The fraction of sp³-hybridized carbons (Fsp3) is 0.538. The normalized spacial score (nSPS) is 18.1. The Kier molecular flexibility index (Phi) is 2.87. The summed E-state index contributed by atoms with van der Waals surface area (Å²) in [6, 6.07) is 8.61. The molecule has 0 amide bonds. The highest BCUT2D eigenvalue weighted by atomic mass is 16.3. The summed E-state index contributed by atoms with van der Waals surface area (Å²) in [7, 11) is 0. The summed E-state index contributed by atoms with van der Waals surface area (Å²) in [5.74, 6) is 0.584. The molecule has 1 aromatic carbocycles. The number of aryl methyl sites for hydroxylation is 1. The van der Waals surface area contributed by atoms with E-state index in [1.165, 1.54) is 24.0 Å². The van der Waals surface area contributed by atoms with Gasteiger partial charge in [-0.05, 0) is 42.7 Å². The van der Waals surface area contributed by atoms with Crippen molar-refractivity contribution in [1.82, 2.24) is 0 Å². The number of aliphatic hydroxyl groups is 1. The maximum atomic E-state index is 9.77. The van der Waals surface area contributed by atoms with Crippen LogP contribution in [0.1, 0.15) is 30.9 Å². The molecule has 1 atom stereocenters. The zero-order valence-electron chi connectivity index (χ0n) is 8.74. The van der Waals surface area contributed by atoms with Crippen molar-refractivity contribution in [2.45, 2.75) is 38.7 Å². The molecule has 0 radical (unpaired) electrons. The molecule has 1 N–H and O–H groups in total. The zero-order valence-corrected chi connectivity index (χ0v) is 8.74. The van der Waals surface area contributed by atoms with Crippen LogP contribution in [0.15, 0.2) is 24.3 Å². The summed E-state index contributed by atoms with van der Waals surface area (Å²) in [4.78, 5) is 0. The number of hydrogen-bond acceptors (Lipinski definition) is 1. The SMILES string of the molecule is CCc1ccc(CC(O)C2CC2)cc1. The quantitative estimate of drug-likeness (QED) is 0.773. The van der Waals surface area contributed by atoms with Gasteiger partial charge in [-0.2, -0.15) is 0 Å². The van der Waals surface area contributed by atoms with Crippen LogP contribution in [0.3, 0.4) is 0 Å². The molecule has 1 aliphatic carbocycles. The van der Waals surface area contributed by atoms with Crippen LogP contribution < -0.4 is 0 Å². The second-order valence-electron chi connectivity index (χ2n) is 4.28. The Balaban J connectivity index is 1.95. The number of hydrogen-bond donors (Lipinski definition) is 1. The molecule has 2 rings (SSSR count). The molecular formula is C13H18O. The van der Waals surface area contributed by atoms with Crippen LogP contribution in [0.5, 0.6) is 0 Å². The first-order chi connectivity index (χ1) is 6.79. The molecule has 1 aliphatic rings. The number of rotatable bonds is 4. The summed E-state index contributed by atoms with van der Waals surface area (Å²) in [6.45, 7) is 2.16. The lowest BCUT2D eigenvalue weighted by molar-refractivity contribution is 0.151. The van der Waals surface area contributed by atoms with Gasteiger partial charge in [0, 0.05) is 0 Å². The van der Waals surface area contributed by atoms with Gasteiger partial charge in [-0.15, -0.1) is 0 Å². The lowest BCUT2D eigenvalue weighted by atomic mass is 10.0. The molecule has 0 saturated heterocycles. The van der Waals surface area contributed by atoms with Crippen LogP contribution >= 0.6 is 0 Å². The minimum absolute atomic E-state index is 0.109. The van der Waals surface area contributed by atoms with Crippen molar-refractivity contribution in [2.75, 3.05) is 0 Å². The molecule has 76 valence electrons. The van der Waals surface area contributed by atoms with Crippen molar-refractivity contribution in [3.05, 3.63) is 35.4 Å². The van der Waals surface area contributed by atoms with Gasteiger partial charge in [-0.1, -0.05) is 31.2 Å². The van der Waals surface area contributed by atoms with Crippen LogP contribution in [0.4, 0.5) is 0 Å². The molecule has 1 unspecified atom stereocenters. The van der Waals surface area contributed by atoms with E-state index in [-0.39, 0.29) is 6.10 Å². The summed E-state index contributed by atoms with van der Waals surface area (Å²) < 4.78 is 0. The third kappa shape index (κ3) is 2.36. The Morgan fingerprint density at radius 1 is 1.21 bits per heavy atom. The fourth-order valence-electron chi connectivity index (χ4n) is 1.80. The van der Waals surface area contributed by atoms with E-state index in [9.17, 15) is 5.11 Å². The monoisotopic (exact) mass is 190 g/mol. The molecule has 0 heterocycles. The van der Waals surface area contributed by atoms with E-state index in [0.29, 0.717) is 5.92 Å². The lowest BCUT2D eigenvalue weighted by Gasteiger charge is -2.09. The smallest absolute Gasteiger partial charge is 0.0608 e. The minimum Gasteiger partial charge on any atom is -0.392 e. The Bertz CT molecular complexity index is 285. The second-order valence-corrected chi connectivity index (χ2v) is 4.28. The third-order valence-corrected chi connectivity index (χ3v) is 3.04. The summed E-state index contributed by atoms with van der Waals surface area (Å²) >= 11 is 0. The van der Waals surface area contributed by atoms with E-state index < -0.39 is 0 Å². The van der Waals surface area contributed by atoms with Gasteiger partial charge in [0.2, 0.25) is 0 Å². The zero-order chi connectivity index (χ0) is 9.97. The number of benzene rings is 1. The van der Waals surface area contributed by atoms with Crippen LogP contribution in [0, 0.1) is 5.92 Å². The van der Waals surface area contributed by atoms with Gasteiger partial charge in [0.1, 0.15) is 0 Å². The molecule has 14 heavy (non-hydrogen) atoms. The van der Waals surface area contributed by atoms with E-state index in [2.05, 4.69) is 31.2 Å². The molecule has 1 fully saturated rings. The van der Waals surface area contributed by atoms with E-state index in [1.54, 1.807) is 0 Å². The van der Waals surface area contributed by atoms with Gasteiger partial charge in [0.25, 0.3) is 0 Å². The van der Waals surface area contributed by atoms with Crippen molar-refractivity contribution >= 4 is 0 Å². The molecule has 0 spiro atoms. The Hall–Kier alpha value is -0.820. The number of aliphatic hydroxyl groups excluding tert-OH is 1. The highest BCUT2D eigenvalue weighted by Crippen LogP contribution is 2.33. The van der Waals surface area contributed by atoms with E-state index in [0.717, 1.165) is 12.8 Å². The van der Waals surface area contributed by atoms with Crippen molar-refractivity contribution < 1.29 is 5.11 Å². The van der Waals surface area contributed by atoms with Crippen molar-refractivity contribution in [3.8, 4) is 0 Å². The van der Waals surface area contributed by atoms with Crippen LogP contribution in [-0.2, 0) is 12.8 Å². The van der Waals surface area contributed by atoms with Crippen molar-refractivity contribution in [3.63, 3.8) is 0 Å². The first-order valence-corrected chi connectivity index (χ1v) is 5.55. The molecular weight excluding hydrogens is 172 g/mol. The van der Waals surface area contributed by atoms with Gasteiger partial charge in [-0.3, -0.25) is 0 Å². The van der Waals surface area contributed by atoms with Crippen LogP contribution in [0.25, 0.3) is 0 Å². The van der Waals surface area contributed by atoms with Crippen LogP contribution in [-0.4, -0.2) is 11.2 Å². The summed E-state index contributed by atoms with van der Waals surface area (Å²) in [6.07, 6.45) is 4.24. The standard InChI is InChI=1S/C13H18O/c1-2-10-3-5-11(6-4-10)9-13(14)12-7-8-12/h3-6,12-14H,2,7-9H2,1H3. The lowest BCUT2D eigenvalue weighted by Crippen LogP contribution is -2.12. The average molecular weight is 190 g/mol. The van der Waals surface area contributed by atoms with Crippen molar-refractivity contribution in [2.24, 2.45) is 5.92 Å². The average Bonchev–Trinajstić information content (AvgIpc) is 3.02. The van der Waals surface area contributed by atoms with Gasteiger partial charge >= 0.3 is 0 Å². The first-order valence-electron chi connectivity index (χ1n) is 5.55. The predicted molar refractivity (Wildman–Crippen MR) is 58.3 cm³/mol. The Morgan fingerprint density at radius 3 is 2.29 bits per heavy atom. The van der Waals surface area contributed by atoms with E-state index in [4.69, 9.17) is 0 Å². The molecule has 1 nitrogen and oxygen atoms in total. The summed E-state index contributed by atoms with van der Waals surface area (Å²) in [5.41, 5.74) is 2.64. The van der Waals surface area contributed by atoms with E-state index in [1.807, 2.05) is 0 Å². The van der Waals surface area contributed by atoms with Crippen molar-refractivity contribution in [1.29, 1.82) is 0 Å². The fourth-order valence-corrected chi connectivity index (χ4v) is 1.80. The molecule has 1 aromatic rings. The van der Waals surface area contributed by atoms with E-state index >= 15 is 0 Å². The van der Waals surface area contributed by atoms with Gasteiger partial charge in [0.15, 0.2) is 0 Å². The van der Waals surface area contributed by atoms with Gasteiger partial charge in [-0.25, -0.2) is 0 Å². The Labute approximate surface area is 85.8 Å². The Morgan fingerprint density at radius 2 is 1.79 bits per heavy atom. The first kappa shape index (κ1) is 9.72. The second kappa shape index (κ2) is 4.14. The molecule has 0 aliphatic heterocycles. The molecule has 1 heteroatoms. The highest BCUT2D eigenvalue weighted by molar-refractivity contribution is 5.23. The van der Waals surface area contributed by atoms with Crippen LogP contribution in [0.2, 0.25) is 0 Å². The molecule has 0 aromatic heterocycles. The third-order valence-electron chi connectivity index (χ3n) is 3.04. The maximum Gasteiger partial charge on any atom is 0.0608 e.